The van der Waals surface area contributed by atoms with Crippen LogP contribution >= 0.6 is 0 Å². The number of H-pyrrole nitrogens is 1. The average Bonchev–Trinajstić information content (AvgIpc) is 3.48. The lowest BCUT2D eigenvalue weighted by Crippen LogP contribution is -2.30. The molecule has 3 unspecified atom stereocenters. The SMILES string of the molecule is COc1cc(C(NC2=CC(C)C(C(=N)N)C=C2)c2nn(-c3ncccn3)c(=O)[nH]2)cc2ccoc12. The van der Waals surface area contributed by atoms with Crippen molar-refractivity contribution >= 4 is 16.8 Å². The Labute approximate surface area is 199 Å². The monoisotopic (exact) mass is 472 g/mol. The summed E-state index contributed by atoms with van der Waals surface area (Å²) in [6.45, 7) is 2.00. The summed E-state index contributed by atoms with van der Waals surface area (Å²) in [7, 11) is 1.57. The van der Waals surface area contributed by atoms with Crippen LogP contribution in [-0.4, -0.2) is 37.7 Å². The number of benzene rings is 1. The smallest absolute Gasteiger partial charge is 0.350 e. The second-order valence-corrected chi connectivity index (χ2v) is 8.24. The number of hydrogen-bond donors (Lipinski definition) is 4. The first-order valence-corrected chi connectivity index (χ1v) is 11.0. The minimum atomic E-state index is -0.558. The Morgan fingerprint density at radius 2 is 2.14 bits per heavy atom. The summed E-state index contributed by atoms with van der Waals surface area (Å²) in [5, 5.41) is 16.6. The molecule has 0 saturated carbocycles. The van der Waals surface area contributed by atoms with E-state index in [1.807, 2.05) is 43.4 Å². The molecule has 0 radical (unpaired) electrons. The molecule has 35 heavy (non-hydrogen) atoms. The van der Waals surface area contributed by atoms with E-state index in [1.165, 1.54) is 0 Å². The Kier molecular flexibility index (Phi) is 5.65. The van der Waals surface area contributed by atoms with Crippen molar-refractivity contribution in [3.05, 3.63) is 88.7 Å². The van der Waals surface area contributed by atoms with Gasteiger partial charge in [0.2, 0.25) is 0 Å². The zero-order valence-electron chi connectivity index (χ0n) is 19.1. The summed E-state index contributed by atoms with van der Waals surface area (Å²) < 4.78 is 12.2. The van der Waals surface area contributed by atoms with Crippen molar-refractivity contribution in [3.8, 4) is 11.7 Å². The first-order chi connectivity index (χ1) is 16.9. The van der Waals surface area contributed by atoms with Gasteiger partial charge >= 0.3 is 5.69 Å². The molecule has 5 rings (SSSR count). The van der Waals surface area contributed by atoms with Gasteiger partial charge in [-0.05, 0) is 41.8 Å². The number of aromatic amines is 1. The Morgan fingerprint density at radius 1 is 1.34 bits per heavy atom. The number of amidine groups is 1. The molecule has 11 nitrogen and oxygen atoms in total. The Hall–Kier alpha value is -4.67. The predicted molar refractivity (Wildman–Crippen MR) is 129 cm³/mol. The summed E-state index contributed by atoms with van der Waals surface area (Å²) >= 11 is 0. The van der Waals surface area contributed by atoms with E-state index in [9.17, 15) is 4.79 Å². The number of aromatic nitrogens is 5. The van der Waals surface area contributed by atoms with Gasteiger partial charge in [0.05, 0.1) is 19.2 Å². The minimum Gasteiger partial charge on any atom is -0.493 e. The van der Waals surface area contributed by atoms with Gasteiger partial charge in [-0.25, -0.2) is 14.8 Å². The number of furan rings is 1. The fourth-order valence-corrected chi connectivity index (χ4v) is 4.18. The number of nitrogens with one attached hydrogen (secondary N) is 3. The fraction of sp³-hybridized carbons (Fsp3) is 0.208. The molecule has 0 aliphatic heterocycles. The lowest BCUT2D eigenvalue weighted by molar-refractivity contribution is 0.409. The number of hydrogen-bond acceptors (Lipinski definition) is 8. The van der Waals surface area contributed by atoms with Crippen LogP contribution in [0.2, 0.25) is 0 Å². The molecule has 0 fully saturated rings. The van der Waals surface area contributed by atoms with Crippen molar-refractivity contribution in [2.75, 3.05) is 7.11 Å². The highest BCUT2D eigenvalue weighted by Crippen LogP contribution is 2.33. The van der Waals surface area contributed by atoms with Gasteiger partial charge in [-0.2, -0.15) is 0 Å². The summed E-state index contributed by atoms with van der Waals surface area (Å²) in [6, 6.07) is 6.74. The molecule has 178 valence electrons. The molecule has 0 saturated heterocycles. The fourth-order valence-electron chi connectivity index (χ4n) is 4.18. The van der Waals surface area contributed by atoms with Crippen LogP contribution in [0.5, 0.6) is 5.75 Å². The molecular formula is C24H24N8O3. The topological polar surface area (TPSA) is 161 Å². The quantitative estimate of drug-likeness (QED) is 0.236. The number of nitrogens with two attached hydrogens (primary N) is 1. The normalized spacial score (nSPS) is 18.3. The molecule has 4 aromatic rings. The highest BCUT2D eigenvalue weighted by Gasteiger charge is 2.26. The number of allylic oxidation sites excluding steroid dienone is 2. The van der Waals surface area contributed by atoms with Crippen LogP contribution in [0.15, 0.2) is 76.1 Å². The summed E-state index contributed by atoms with van der Waals surface area (Å²) in [6.07, 6.45) is 10.5. The summed E-state index contributed by atoms with van der Waals surface area (Å²) in [5.41, 5.74) is 7.49. The third-order valence-corrected chi connectivity index (χ3v) is 5.90. The van der Waals surface area contributed by atoms with Gasteiger partial charge in [-0.15, -0.1) is 9.78 Å². The zero-order valence-corrected chi connectivity index (χ0v) is 19.1. The van der Waals surface area contributed by atoms with E-state index in [4.69, 9.17) is 20.3 Å². The van der Waals surface area contributed by atoms with Crippen LogP contribution in [0.4, 0.5) is 0 Å². The molecule has 3 aromatic heterocycles. The molecular weight excluding hydrogens is 448 g/mol. The van der Waals surface area contributed by atoms with E-state index in [-0.39, 0.29) is 23.6 Å². The van der Waals surface area contributed by atoms with E-state index >= 15 is 0 Å². The number of fused-ring (bicyclic) bond motifs is 1. The first-order valence-electron chi connectivity index (χ1n) is 11.0. The van der Waals surface area contributed by atoms with Gasteiger partial charge in [-0.1, -0.05) is 19.1 Å². The summed E-state index contributed by atoms with van der Waals surface area (Å²) in [4.78, 5) is 23.9. The van der Waals surface area contributed by atoms with E-state index in [0.29, 0.717) is 17.2 Å². The highest BCUT2D eigenvalue weighted by molar-refractivity contribution is 5.84. The molecule has 1 aliphatic carbocycles. The number of methoxy groups -OCH3 is 1. The molecule has 1 aromatic carbocycles. The predicted octanol–water partition coefficient (Wildman–Crippen LogP) is 2.43. The molecule has 11 heteroatoms. The Morgan fingerprint density at radius 3 is 2.86 bits per heavy atom. The average molecular weight is 473 g/mol. The second kappa shape index (κ2) is 8.93. The van der Waals surface area contributed by atoms with Crippen molar-refractivity contribution in [2.24, 2.45) is 17.6 Å². The standard InChI is InChI=1S/C24H24N8O3/c1-13-10-16(4-5-17(13)21(25)26)29-19(15-11-14-6-9-35-20(14)18(12-15)34-2)22-30-24(33)32(31-22)23-27-7-3-8-28-23/h3-13,17,19,29H,1-2H3,(H3,25,26)(H,30,31,33). The van der Waals surface area contributed by atoms with Crippen LogP contribution in [0, 0.1) is 17.2 Å². The Balaban J connectivity index is 1.60. The molecule has 3 heterocycles. The van der Waals surface area contributed by atoms with Crippen LogP contribution < -0.4 is 21.5 Å². The second-order valence-electron chi connectivity index (χ2n) is 8.24. The minimum absolute atomic E-state index is 0.0147. The third-order valence-electron chi connectivity index (χ3n) is 5.90. The molecule has 0 amide bonds. The lowest BCUT2D eigenvalue weighted by atomic mass is 9.88. The van der Waals surface area contributed by atoms with Gasteiger partial charge in [0.25, 0.3) is 5.95 Å². The third kappa shape index (κ3) is 4.19. The molecule has 0 spiro atoms. The highest BCUT2D eigenvalue weighted by atomic mass is 16.5. The van der Waals surface area contributed by atoms with Gasteiger partial charge in [0, 0.05) is 29.4 Å². The van der Waals surface area contributed by atoms with Crippen molar-refractivity contribution < 1.29 is 9.15 Å². The van der Waals surface area contributed by atoms with Crippen LogP contribution in [0.3, 0.4) is 0 Å². The first kappa shape index (κ1) is 22.1. The van der Waals surface area contributed by atoms with Crippen molar-refractivity contribution in [2.45, 2.75) is 13.0 Å². The van der Waals surface area contributed by atoms with Gasteiger partial charge in [0.15, 0.2) is 17.2 Å². The van der Waals surface area contributed by atoms with Gasteiger partial charge < -0.3 is 20.2 Å². The largest absolute Gasteiger partial charge is 0.493 e. The molecule has 5 N–H and O–H groups in total. The maximum absolute atomic E-state index is 12.8. The number of nitrogens with zero attached hydrogens (tertiary/aromatic N) is 4. The zero-order chi connectivity index (χ0) is 24.5. The van der Waals surface area contributed by atoms with E-state index in [1.54, 1.807) is 31.8 Å². The van der Waals surface area contributed by atoms with Gasteiger partial charge in [0.1, 0.15) is 6.04 Å². The number of rotatable bonds is 7. The van der Waals surface area contributed by atoms with Crippen molar-refractivity contribution in [3.63, 3.8) is 0 Å². The van der Waals surface area contributed by atoms with Crippen LogP contribution in [-0.2, 0) is 0 Å². The van der Waals surface area contributed by atoms with Gasteiger partial charge in [-0.3, -0.25) is 10.4 Å². The molecule has 3 atom stereocenters. The molecule has 1 aliphatic rings. The van der Waals surface area contributed by atoms with Crippen LogP contribution in [0.1, 0.15) is 24.4 Å². The van der Waals surface area contributed by atoms with E-state index < -0.39 is 11.7 Å². The summed E-state index contributed by atoms with van der Waals surface area (Å²) in [5.74, 6) is 1.04. The maximum Gasteiger partial charge on any atom is 0.350 e. The maximum atomic E-state index is 12.8. The van der Waals surface area contributed by atoms with E-state index in [0.717, 1.165) is 21.3 Å². The van der Waals surface area contributed by atoms with E-state index in [2.05, 4.69) is 25.4 Å². The van der Waals surface area contributed by atoms with Crippen LogP contribution in [0.25, 0.3) is 16.9 Å². The number of ether oxygens (including phenoxy) is 1. The molecule has 0 bridgehead atoms. The van der Waals surface area contributed by atoms with Crippen molar-refractivity contribution in [1.29, 1.82) is 5.41 Å². The lowest BCUT2D eigenvalue weighted by Gasteiger charge is -2.25. The Bertz CT molecular complexity index is 1500. The van der Waals surface area contributed by atoms with Crippen molar-refractivity contribution in [1.82, 2.24) is 30.0 Å².